The van der Waals surface area contributed by atoms with Gasteiger partial charge in [-0.05, 0) is 43.7 Å². The number of sulfonamides is 1. The van der Waals surface area contributed by atoms with Gasteiger partial charge in [-0.15, -0.1) is 0 Å². The number of aryl methyl sites for hydroxylation is 2. The van der Waals surface area contributed by atoms with E-state index >= 15 is 0 Å². The first-order valence-corrected chi connectivity index (χ1v) is 9.76. The van der Waals surface area contributed by atoms with Crippen molar-refractivity contribution in [3.8, 4) is 23.3 Å². The first-order chi connectivity index (χ1) is 13.3. The van der Waals surface area contributed by atoms with Crippen LogP contribution in [0, 0.1) is 25.2 Å². The molecule has 0 radical (unpaired) electrons. The largest absolute Gasteiger partial charge is 0.493 e. The number of hydrogen-bond donors (Lipinski definition) is 1. The van der Waals surface area contributed by atoms with Gasteiger partial charge in [-0.25, -0.2) is 8.42 Å². The summed E-state index contributed by atoms with van der Waals surface area (Å²) in [6.45, 7) is 3.70. The molecule has 0 aliphatic carbocycles. The maximum atomic E-state index is 12.8. The summed E-state index contributed by atoms with van der Waals surface area (Å²) in [6, 6.07) is 10.2. The number of nitrogens with zero attached hydrogens (tertiary/aromatic N) is 1. The lowest BCUT2D eigenvalue weighted by atomic mass is 10.1. The molecular formula is C20H22N2O5S. The molecule has 0 spiro atoms. The van der Waals surface area contributed by atoms with Gasteiger partial charge in [0.05, 0.1) is 27.0 Å². The molecule has 2 rings (SSSR count). The number of benzene rings is 2. The van der Waals surface area contributed by atoms with Gasteiger partial charge in [0.2, 0.25) is 5.75 Å². The minimum Gasteiger partial charge on any atom is -0.493 e. The highest BCUT2D eigenvalue weighted by Gasteiger charge is 2.21. The van der Waals surface area contributed by atoms with Crippen LogP contribution in [0.2, 0.25) is 0 Å². The van der Waals surface area contributed by atoms with Gasteiger partial charge in [-0.3, -0.25) is 4.72 Å². The normalized spacial score (nSPS) is 11.5. The quantitative estimate of drug-likeness (QED) is 0.710. The summed E-state index contributed by atoms with van der Waals surface area (Å²) in [4.78, 5) is -0.460. The molecule has 2 aromatic carbocycles. The van der Waals surface area contributed by atoms with Gasteiger partial charge >= 0.3 is 0 Å². The number of nitrogens with one attached hydrogen (secondary N) is 1. The Balaban J connectivity index is 2.52. The molecular weight excluding hydrogens is 380 g/mol. The fourth-order valence-corrected chi connectivity index (χ4v) is 3.71. The van der Waals surface area contributed by atoms with Crippen molar-refractivity contribution < 1.29 is 22.6 Å². The Labute approximate surface area is 165 Å². The van der Waals surface area contributed by atoms with Crippen molar-refractivity contribution in [2.45, 2.75) is 13.8 Å². The lowest BCUT2D eigenvalue weighted by Crippen LogP contribution is -2.15. The maximum absolute atomic E-state index is 12.8. The molecule has 0 bridgehead atoms. The van der Waals surface area contributed by atoms with Crippen molar-refractivity contribution in [3.05, 3.63) is 51.9 Å². The van der Waals surface area contributed by atoms with Gasteiger partial charge < -0.3 is 14.2 Å². The second-order valence-corrected chi connectivity index (χ2v) is 7.62. The SMILES string of the molecule is COc1ccc(C=C(C#N)S(=O)(=O)Nc2ccc(C)cc2C)c(OC)c1OC. The summed E-state index contributed by atoms with van der Waals surface area (Å²) in [5.74, 6) is 0.985. The molecule has 0 unspecified atom stereocenters. The number of ether oxygens (including phenoxy) is 3. The van der Waals surface area contributed by atoms with Crippen LogP contribution < -0.4 is 18.9 Å². The minimum absolute atomic E-state index is 0.260. The number of allylic oxidation sites excluding steroid dienone is 1. The number of methoxy groups -OCH3 is 3. The van der Waals surface area contributed by atoms with E-state index in [0.717, 1.165) is 11.1 Å². The van der Waals surface area contributed by atoms with E-state index in [9.17, 15) is 13.7 Å². The van der Waals surface area contributed by atoms with Crippen molar-refractivity contribution in [3.63, 3.8) is 0 Å². The van der Waals surface area contributed by atoms with E-state index in [1.807, 2.05) is 13.0 Å². The maximum Gasteiger partial charge on any atom is 0.272 e. The third kappa shape index (κ3) is 4.38. The molecule has 0 aliphatic rings. The van der Waals surface area contributed by atoms with Crippen LogP contribution in [0.5, 0.6) is 17.2 Å². The number of anilines is 1. The van der Waals surface area contributed by atoms with Crippen LogP contribution in [-0.4, -0.2) is 29.7 Å². The van der Waals surface area contributed by atoms with Crippen LogP contribution in [0.3, 0.4) is 0 Å². The summed E-state index contributed by atoms with van der Waals surface area (Å²) >= 11 is 0. The van der Waals surface area contributed by atoms with Gasteiger partial charge in [-0.2, -0.15) is 5.26 Å². The van der Waals surface area contributed by atoms with Crippen molar-refractivity contribution in [2.75, 3.05) is 26.1 Å². The molecule has 0 heterocycles. The molecule has 2 aromatic rings. The van der Waals surface area contributed by atoms with E-state index in [2.05, 4.69) is 4.72 Å². The number of nitriles is 1. The molecule has 7 nitrogen and oxygen atoms in total. The monoisotopic (exact) mass is 402 g/mol. The average Bonchev–Trinajstić information content (AvgIpc) is 2.67. The molecule has 8 heteroatoms. The molecule has 0 saturated carbocycles. The summed E-state index contributed by atoms with van der Waals surface area (Å²) in [6.07, 6.45) is 1.23. The zero-order chi connectivity index (χ0) is 20.9. The van der Waals surface area contributed by atoms with Crippen LogP contribution in [-0.2, 0) is 10.0 Å². The van der Waals surface area contributed by atoms with E-state index in [4.69, 9.17) is 14.2 Å². The van der Waals surface area contributed by atoms with Crippen LogP contribution in [0.15, 0.2) is 35.2 Å². The van der Waals surface area contributed by atoms with Crippen molar-refractivity contribution in [1.82, 2.24) is 0 Å². The van der Waals surface area contributed by atoms with Crippen LogP contribution in [0.1, 0.15) is 16.7 Å². The fraction of sp³-hybridized carbons (Fsp3) is 0.250. The predicted molar refractivity (Wildman–Crippen MR) is 108 cm³/mol. The van der Waals surface area contributed by atoms with E-state index in [1.54, 1.807) is 37.3 Å². The highest BCUT2D eigenvalue weighted by molar-refractivity contribution is 7.97. The second-order valence-electron chi connectivity index (χ2n) is 5.97. The Kier molecular flexibility index (Phi) is 6.54. The Hall–Kier alpha value is -3.18. The van der Waals surface area contributed by atoms with Gasteiger partial charge in [0.1, 0.15) is 6.07 Å². The number of rotatable bonds is 7. The first-order valence-electron chi connectivity index (χ1n) is 8.28. The number of hydrogen-bond acceptors (Lipinski definition) is 6. The summed E-state index contributed by atoms with van der Waals surface area (Å²) in [5.41, 5.74) is 2.53. The standard InChI is InChI=1S/C20H22N2O5S/c1-13-6-8-17(14(2)10-13)22-28(23,24)16(12-21)11-15-7-9-18(25-3)20(27-5)19(15)26-4/h6-11,22H,1-5H3. The van der Waals surface area contributed by atoms with Gasteiger partial charge in [-0.1, -0.05) is 17.7 Å². The van der Waals surface area contributed by atoms with E-state index < -0.39 is 14.9 Å². The molecule has 0 aromatic heterocycles. The van der Waals surface area contributed by atoms with Crippen LogP contribution >= 0.6 is 0 Å². The fourth-order valence-electron chi connectivity index (χ4n) is 2.68. The van der Waals surface area contributed by atoms with Crippen molar-refractivity contribution >= 4 is 21.8 Å². The molecule has 1 N–H and O–H groups in total. The molecule has 0 aliphatic heterocycles. The Morgan fingerprint density at radius 2 is 1.71 bits per heavy atom. The second kappa shape index (κ2) is 8.67. The lowest BCUT2D eigenvalue weighted by Gasteiger charge is -2.14. The highest BCUT2D eigenvalue weighted by Crippen LogP contribution is 2.40. The summed E-state index contributed by atoms with van der Waals surface area (Å²) in [7, 11) is 0.243. The minimum atomic E-state index is -4.10. The average molecular weight is 402 g/mol. The molecule has 0 saturated heterocycles. The summed E-state index contributed by atoms with van der Waals surface area (Å²) in [5, 5.41) is 9.47. The van der Waals surface area contributed by atoms with Crippen molar-refractivity contribution in [2.24, 2.45) is 0 Å². The highest BCUT2D eigenvalue weighted by atomic mass is 32.2. The molecule has 0 atom stereocenters. The van der Waals surface area contributed by atoms with Gasteiger partial charge in [0, 0.05) is 5.56 Å². The Bertz CT molecular complexity index is 1050. The smallest absolute Gasteiger partial charge is 0.272 e. The lowest BCUT2D eigenvalue weighted by molar-refractivity contribution is 0.324. The summed E-state index contributed by atoms with van der Waals surface area (Å²) < 4.78 is 43.8. The van der Waals surface area contributed by atoms with Gasteiger partial charge in [0.25, 0.3) is 10.0 Å². The zero-order valence-electron chi connectivity index (χ0n) is 16.4. The topological polar surface area (TPSA) is 97.7 Å². The van der Waals surface area contributed by atoms with E-state index in [0.29, 0.717) is 22.7 Å². The third-order valence-electron chi connectivity index (χ3n) is 4.05. The zero-order valence-corrected chi connectivity index (χ0v) is 17.2. The molecule has 0 fully saturated rings. The van der Waals surface area contributed by atoms with E-state index in [-0.39, 0.29) is 5.75 Å². The third-order valence-corrected chi connectivity index (χ3v) is 5.32. The Morgan fingerprint density at radius 3 is 2.25 bits per heavy atom. The molecule has 0 amide bonds. The predicted octanol–water partition coefficient (Wildman–Crippen LogP) is 3.64. The van der Waals surface area contributed by atoms with E-state index in [1.165, 1.54) is 27.4 Å². The Morgan fingerprint density at radius 1 is 1.04 bits per heavy atom. The first kappa shape index (κ1) is 21.1. The molecule has 28 heavy (non-hydrogen) atoms. The van der Waals surface area contributed by atoms with Crippen LogP contribution in [0.4, 0.5) is 5.69 Å². The van der Waals surface area contributed by atoms with Gasteiger partial charge in [0.15, 0.2) is 16.4 Å². The van der Waals surface area contributed by atoms with Crippen molar-refractivity contribution in [1.29, 1.82) is 5.26 Å². The molecule has 148 valence electrons. The van der Waals surface area contributed by atoms with Crippen LogP contribution in [0.25, 0.3) is 6.08 Å².